The van der Waals surface area contributed by atoms with Crippen molar-refractivity contribution in [2.75, 3.05) is 38.5 Å². The van der Waals surface area contributed by atoms with Crippen molar-refractivity contribution in [2.24, 2.45) is 0 Å². The third-order valence-corrected chi connectivity index (χ3v) is 4.67. The quantitative estimate of drug-likeness (QED) is 0.864. The first-order chi connectivity index (χ1) is 10.3. The molecule has 116 valence electrons. The van der Waals surface area contributed by atoms with Gasteiger partial charge in [0.25, 0.3) is 0 Å². The molecule has 2 heterocycles. The lowest BCUT2D eigenvalue weighted by atomic mass is 10.1. The molecule has 1 aromatic carbocycles. The van der Waals surface area contributed by atoms with Crippen LogP contribution < -0.4 is 10.5 Å². The highest BCUT2D eigenvalue weighted by molar-refractivity contribution is 5.47. The Kier molecular flexibility index (Phi) is 4.66. The minimum absolute atomic E-state index is 0.702. The maximum absolute atomic E-state index is 5.96. The summed E-state index contributed by atoms with van der Waals surface area (Å²) in [4.78, 5) is 5.25. The molecule has 2 saturated heterocycles. The van der Waals surface area contributed by atoms with Crippen molar-refractivity contribution in [3.05, 3.63) is 23.8 Å². The number of hydrogen-bond donors (Lipinski definition) is 1. The first kappa shape index (κ1) is 14.7. The van der Waals surface area contributed by atoms with Crippen LogP contribution in [0.5, 0.6) is 5.75 Å². The zero-order chi connectivity index (χ0) is 14.7. The van der Waals surface area contributed by atoms with Crippen molar-refractivity contribution >= 4 is 5.69 Å². The average Bonchev–Trinajstić information content (AvgIpc) is 2.81. The maximum Gasteiger partial charge on any atom is 0.123 e. The Morgan fingerprint density at radius 1 is 1.24 bits per heavy atom. The highest BCUT2D eigenvalue weighted by Crippen LogP contribution is 2.26. The van der Waals surface area contributed by atoms with E-state index >= 15 is 0 Å². The number of hydrogen-bond acceptors (Lipinski definition) is 4. The molecule has 1 aromatic rings. The van der Waals surface area contributed by atoms with Crippen molar-refractivity contribution in [2.45, 2.75) is 38.8 Å². The molecule has 4 nitrogen and oxygen atoms in total. The van der Waals surface area contributed by atoms with E-state index in [1.165, 1.54) is 51.0 Å². The van der Waals surface area contributed by atoms with Crippen LogP contribution in [0.15, 0.2) is 18.2 Å². The molecule has 0 radical (unpaired) electrons. The molecule has 0 aliphatic carbocycles. The molecular formula is C17H27N3O. The van der Waals surface area contributed by atoms with Gasteiger partial charge in [-0.1, -0.05) is 0 Å². The second-order valence-corrected chi connectivity index (χ2v) is 6.22. The molecule has 2 aliphatic heterocycles. The Morgan fingerprint density at radius 2 is 2.10 bits per heavy atom. The van der Waals surface area contributed by atoms with Gasteiger partial charge in [-0.05, 0) is 64.0 Å². The van der Waals surface area contributed by atoms with Crippen molar-refractivity contribution in [1.82, 2.24) is 9.80 Å². The monoisotopic (exact) mass is 289 g/mol. The van der Waals surface area contributed by atoms with Crippen LogP contribution in [0.25, 0.3) is 0 Å². The van der Waals surface area contributed by atoms with Gasteiger partial charge in [-0.2, -0.15) is 0 Å². The van der Waals surface area contributed by atoms with Gasteiger partial charge in [0, 0.05) is 30.4 Å². The first-order valence-electron chi connectivity index (χ1n) is 8.24. The minimum atomic E-state index is 0.702. The summed E-state index contributed by atoms with van der Waals surface area (Å²) in [6.45, 7) is 8.59. The number of ether oxygens (including phenoxy) is 1. The zero-order valence-corrected chi connectivity index (χ0v) is 13.1. The van der Waals surface area contributed by atoms with Crippen LogP contribution in [0.4, 0.5) is 5.69 Å². The van der Waals surface area contributed by atoms with Crippen LogP contribution in [-0.2, 0) is 6.54 Å². The van der Waals surface area contributed by atoms with Gasteiger partial charge in [-0.25, -0.2) is 0 Å². The molecule has 1 atom stereocenters. The fraction of sp³-hybridized carbons (Fsp3) is 0.647. The average molecular weight is 289 g/mol. The number of fused-ring (bicyclic) bond motifs is 1. The van der Waals surface area contributed by atoms with Crippen LogP contribution in [-0.4, -0.2) is 48.6 Å². The van der Waals surface area contributed by atoms with E-state index in [4.69, 9.17) is 10.5 Å². The van der Waals surface area contributed by atoms with E-state index in [1.54, 1.807) is 0 Å². The van der Waals surface area contributed by atoms with E-state index in [0.29, 0.717) is 6.61 Å². The summed E-state index contributed by atoms with van der Waals surface area (Å²) in [7, 11) is 0. The highest BCUT2D eigenvalue weighted by Gasteiger charge is 2.28. The Hall–Kier alpha value is -1.26. The third-order valence-electron chi connectivity index (χ3n) is 4.67. The predicted molar refractivity (Wildman–Crippen MR) is 86.5 cm³/mol. The lowest BCUT2D eigenvalue weighted by Crippen LogP contribution is -2.36. The van der Waals surface area contributed by atoms with E-state index in [0.717, 1.165) is 24.0 Å². The van der Waals surface area contributed by atoms with Gasteiger partial charge in [0.2, 0.25) is 0 Å². The lowest BCUT2D eigenvalue weighted by Gasteiger charge is -2.26. The van der Waals surface area contributed by atoms with E-state index < -0.39 is 0 Å². The number of nitrogens with two attached hydrogens (primary N) is 1. The minimum Gasteiger partial charge on any atom is -0.494 e. The standard InChI is InChI=1S/C17H27N3O/c1-2-21-17-7-6-15(18)11-14(17)12-19-8-4-10-20-9-3-5-16(20)13-19/h6-7,11,16H,2-5,8-10,12-13,18H2,1H3. The Labute approximate surface area is 127 Å². The Balaban J connectivity index is 1.71. The smallest absolute Gasteiger partial charge is 0.123 e. The zero-order valence-electron chi connectivity index (χ0n) is 13.1. The summed E-state index contributed by atoms with van der Waals surface area (Å²) in [5, 5.41) is 0. The van der Waals surface area contributed by atoms with Crippen LogP contribution >= 0.6 is 0 Å². The highest BCUT2D eigenvalue weighted by atomic mass is 16.5. The molecule has 2 fully saturated rings. The summed E-state index contributed by atoms with van der Waals surface area (Å²) in [6.07, 6.45) is 3.98. The molecule has 0 amide bonds. The van der Waals surface area contributed by atoms with Gasteiger partial charge in [-0.15, -0.1) is 0 Å². The van der Waals surface area contributed by atoms with Gasteiger partial charge >= 0.3 is 0 Å². The molecule has 2 aliphatic rings. The molecule has 2 N–H and O–H groups in total. The predicted octanol–water partition coefficient (Wildman–Crippen LogP) is 2.34. The largest absolute Gasteiger partial charge is 0.494 e. The summed E-state index contributed by atoms with van der Waals surface area (Å²) < 4.78 is 5.76. The molecule has 4 heteroatoms. The molecule has 1 unspecified atom stereocenters. The second kappa shape index (κ2) is 6.67. The van der Waals surface area contributed by atoms with Crippen LogP contribution in [0, 0.1) is 0 Å². The van der Waals surface area contributed by atoms with Crippen molar-refractivity contribution < 1.29 is 4.74 Å². The van der Waals surface area contributed by atoms with Gasteiger partial charge < -0.3 is 10.5 Å². The van der Waals surface area contributed by atoms with E-state index in [2.05, 4.69) is 15.9 Å². The van der Waals surface area contributed by atoms with Crippen molar-refractivity contribution in [3.8, 4) is 5.75 Å². The Bertz CT molecular complexity index is 477. The number of benzene rings is 1. The van der Waals surface area contributed by atoms with Crippen LogP contribution in [0.1, 0.15) is 31.7 Å². The fourth-order valence-corrected chi connectivity index (χ4v) is 3.69. The van der Waals surface area contributed by atoms with Gasteiger partial charge in [-0.3, -0.25) is 9.80 Å². The summed E-state index contributed by atoms with van der Waals surface area (Å²) >= 11 is 0. The second-order valence-electron chi connectivity index (χ2n) is 6.22. The normalized spacial score (nSPS) is 23.8. The number of rotatable bonds is 4. The lowest BCUT2D eigenvalue weighted by molar-refractivity contribution is 0.213. The van der Waals surface area contributed by atoms with E-state index in [-0.39, 0.29) is 0 Å². The molecule has 0 saturated carbocycles. The molecule has 21 heavy (non-hydrogen) atoms. The van der Waals surface area contributed by atoms with Crippen molar-refractivity contribution in [3.63, 3.8) is 0 Å². The maximum atomic E-state index is 5.96. The van der Waals surface area contributed by atoms with Gasteiger partial charge in [0.05, 0.1) is 6.61 Å². The van der Waals surface area contributed by atoms with E-state index in [1.807, 2.05) is 19.1 Å². The van der Waals surface area contributed by atoms with Crippen LogP contribution in [0.3, 0.4) is 0 Å². The summed E-state index contributed by atoms with van der Waals surface area (Å²) in [5.74, 6) is 0.985. The van der Waals surface area contributed by atoms with Gasteiger partial charge in [0.1, 0.15) is 5.75 Å². The molecular weight excluding hydrogens is 262 g/mol. The third kappa shape index (κ3) is 3.50. The van der Waals surface area contributed by atoms with Crippen molar-refractivity contribution in [1.29, 1.82) is 0 Å². The molecule has 0 spiro atoms. The molecule has 3 rings (SSSR count). The number of nitrogen functional groups attached to an aromatic ring is 1. The number of anilines is 1. The van der Waals surface area contributed by atoms with E-state index in [9.17, 15) is 0 Å². The number of nitrogens with zero attached hydrogens (tertiary/aromatic N) is 2. The summed E-state index contributed by atoms with van der Waals surface area (Å²) in [6, 6.07) is 6.76. The summed E-state index contributed by atoms with van der Waals surface area (Å²) in [5.41, 5.74) is 8.01. The van der Waals surface area contributed by atoms with Gasteiger partial charge in [0.15, 0.2) is 0 Å². The molecule has 0 aromatic heterocycles. The molecule has 0 bridgehead atoms. The topological polar surface area (TPSA) is 41.7 Å². The fourth-order valence-electron chi connectivity index (χ4n) is 3.69. The van der Waals surface area contributed by atoms with Crippen LogP contribution in [0.2, 0.25) is 0 Å². The Morgan fingerprint density at radius 3 is 2.95 bits per heavy atom. The first-order valence-corrected chi connectivity index (χ1v) is 8.24. The SMILES string of the molecule is CCOc1ccc(N)cc1CN1CCCN2CCCC2C1.